The number of hydrogen-bond acceptors (Lipinski definition) is 4. The molecular weight excluding hydrogens is 274 g/mol. The zero-order chi connectivity index (χ0) is 16.6. The van der Waals surface area contributed by atoms with Gasteiger partial charge in [0, 0.05) is 13.2 Å². The van der Waals surface area contributed by atoms with Crippen LogP contribution in [0.4, 0.5) is 4.79 Å². The average Bonchev–Trinajstić information content (AvgIpc) is 2.31. The lowest BCUT2D eigenvalue weighted by Gasteiger charge is -2.23. The van der Waals surface area contributed by atoms with Crippen LogP contribution in [0.2, 0.25) is 0 Å². The molecule has 0 saturated carbocycles. The van der Waals surface area contributed by atoms with Gasteiger partial charge in [-0.15, -0.1) is 0 Å². The Labute approximate surface area is 127 Å². The molecule has 0 fully saturated rings. The molecular formula is C15H29NO5. The number of carboxylic acids is 1. The van der Waals surface area contributed by atoms with Gasteiger partial charge in [-0.2, -0.15) is 0 Å². The molecule has 0 bridgehead atoms. The van der Waals surface area contributed by atoms with E-state index in [0.29, 0.717) is 6.42 Å². The molecule has 0 unspecified atom stereocenters. The third-order valence-electron chi connectivity index (χ3n) is 3.14. The monoisotopic (exact) mass is 303 g/mol. The number of aliphatic carboxylic acids is 1. The molecule has 6 heteroatoms. The molecule has 0 aromatic rings. The van der Waals surface area contributed by atoms with E-state index in [0.717, 1.165) is 12.8 Å². The Hall–Kier alpha value is -1.30. The van der Waals surface area contributed by atoms with Gasteiger partial charge in [0.25, 0.3) is 0 Å². The maximum absolute atomic E-state index is 11.6. The fraction of sp³-hybridized carbons (Fsp3) is 0.867. The molecule has 1 amide bonds. The van der Waals surface area contributed by atoms with Crippen molar-refractivity contribution in [2.45, 2.75) is 71.6 Å². The quantitative estimate of drug-likeness (QED) is 0.720. The summed E-state index contributed by atoms with van der Waals surface area (Å²) in [5, 5.41) is 11.7. The smallest absolute Gasteiger partial charge is 0.407 e. The summed E-state index contributed by atoms with van der Waals surface area (Å²) in [5.41, 5.74) is -0.512. The predicted molar refractivity (Wildman–Crippen MR) is 80.3 cm³/mol. The molecule has 3 atom stereocenters. The fourth-order valence-corrected chi connectivity index (χ4v) is 1.94. The molecule has 0 spiro atoms. The maximum Gasteiger partial charge on any atom is 0.407 e. The Morgan fingerprint density at radius 3 is 2.19 bits per heavy atom. The van der Waals surface area contributed by atoms with Crippen LogP contribution in [0.1, 0.15) is 53.9 Å². The summed E-state index contributed by atoms with van der Waals surface area (Å²) in [6, 6.07) is -0.0301. The number of carbonyl (C=O) groups excluding carboxylic acids is 1. The average molecular weight is 303 g/mol. The molecule has 0 aromatic carbocycles. The van der Waals surface area contributed by atoms with Crippen LogP contribution in [-0.4, -0.2) is 42.0 Å². The predicted octanol–water partition coefficient (Wildman–Crippen LogP) is 2.81. The van der Waals surface area contributed by atoms with Crippen LogP contribution in [0.5, 0.6) is 0 Å². The number of rotatable bonds is 8. The molecule has 6 nitrogen and oxygen atoms in total. The molecule has 0 aliphatic heterocycles. The first kappa shape index (κ1) is 19.7. The largest absolute Gasteiger partial charge is 0.481 e. The number of amides is 1. The van der Waals surface area contributed by atoms with Gasteiger partial charge >= 0.3 is 12.1 Å². The van der Waals surface area contributed by atoms with Crippen molar-refractivity contribution >= 4 is 12.1 Å². The van der Waals surface area contributed by atoms with E-state index in [9.17, 15) is 9.59 Å². The second-order valence-electron chi connectivity index (χ2n) is 6.38. The van der Waals surface area contributed by atoms with Crippen LogP contribution in [0.25, 0.3) is 0 Å². The third kappa shape index (κ3) is 9.28. The second-order valence-corrected chi connectivity index (χ2v) is 6.38. The van der Waals surface area contributed by atoms with Crippen molar-refractivity contribution in [1.29, 1.82) is 0 Å². The fourth-order valence-electron chi connectivity index (χ4n) is 1.94. The van der Waals surface area contributed by atoms with E-state index in [-0.39, 0.29) is 12.1 Å². The Morgan fingerprint density at radius 2 is 1.76 bits per heavy atom. The lowest BCUT2D eigenvalue weighted by molar-refractivity contribution is -0.145. The lowest BCUT2D eigenvalue weighted by atomic mass is 9.98. The normalized spacial score (nSPS) is 15.9. The van der Waals surface area contributed by atoms with Gasteiger partial charge in [-0.1, -0.05) is 0 Å². The zero-order valence-electron chi connectivity index (χ0n) is 13.9. The molecule has 21 heavy (non-hydrogen) atoms. The number of methoxy groups -OCH3 is 1. The minimum atomic E-state index is -0.859. The van der Waals surface area contributed by atoms with Crippen LogP contribution < -0.4 is 5.32 Å². The van der Waals surface area contributed by atoms with E-state index in [1.807, 2.05) is 27.7 Å². The van der Waals surface area contributed by atoms with Gasteiger partial charge in [0.05, 0.1) is 12.0 Å². The highest BCUT2D eigenvalue weighted by atomic mass is 16.6. The molecule has 0 aromatic heterocycles. The number of nitrogens with one attached hydrogen (secondary N) is 1. The van der Waals surface area contributed by atoms with Gasteiger partial charge in [0.1, 0.15) is 5.60 Å². The van der Waals surface area contributed by atoms with E-state index in [1.54, 1.807) is 6.92 Å². The summed E-state index contributed by atoms with van der Waals surface area (Å²) >= 11 is 0. The van der Waals surface area contributed by atoms with Crippen molar-refractivity contribution in [3.8, 4) is 0 Å². The van der Waals surface area contributed by atoms with Gasteiger partial charge < -0.3 is 19.9 Å². The summed E-state index contributed by atoms with van der Waals surface area (Å²) < 4.78 is 10.4. The van der Waals surface area contributed by atoms with Crippen molar-refractivity contribution in [3.05, 3.63) is 0 Å². The second kappa shape index (κ2) is 8.87. The minimum absolute atomic E-state index is 0.0301. The van der Waals surface area contributed by atoms with Crippen molar-refractivity contribution in [3.63, 3.8) is 0 Å². The van der Waals surface area contributed by atoms with Gasteiger partial charge in [0.15, 0.2) is 0 Å². The van der Waals surface area contributed by atoms with E-state index in [4.69, 9.17) is 14.6 Å². The number of carboxylic acid groups (broad SMARTS) is 1. The summed E-state index contributed by atoms with van der Waals surface area (Å²) in [6.07, 6.45) is 1.41. The zero-order valence-corrected chi connectivity index (χ0v) is 13.9. The van der Waals surface area contributed by atoms with Crippen molar-refractivity contribution in [1.82, 2.24) is 5.32 Å². The highest BCUT2D eigenvalue weighted by Crippen LogP contribution is 2.15. The van der Waals surface area contributed by atoms with Crippen LogP contribution in [0.3, 0.4) is 0 Å². The van der Waals surface area contributed by atoms with E-state index >= 15 is 0 Å². The first-order valence-corrected chi connectivity index (χ1v) is 7.32. The van der Waals surface area contributed by atoms with E-state index in [2.05, 4.69) is 5.32 Å². The maximum atomic E-state index is 11.6. The summed E-state index contributed by atoms with van der Waals surface area (Å²) in [5.74, 6) is -1.40. The number of carbonyl (C=O) groups is 2. The highest BCUT2D eigenvalue weighted by molar-refractivity contribution is 5.70. The summed E-state index contributed by atoms with van der Waals surface area (Å²) in [6.45, 7) is 8.97. The van der Waals surface area contributed by atoms with Crippen LogP contribution in [-0.2, 0) is 14.3 Å². The number of alkyl carbamates (subject to hydrolysis) is 1. The molecule has 0 aliphatic rings. The molecule has 0 radical (unpaired) electrons. The SMILES string of the molecule is CO[C@@H](CCC[C@H](C)NC(=O)OC(C)(C)C)[C@@H](C)C(=O)O. The van der Waals surface area contributed by atoms with Crippen LogP contribution in [0.15, 0.2) is 0 Å². The van der Waals surface area contributed by atoms with Gasteiger partial charge in [-0.25, -0.2) is 4.79 Å². The third-order valence-corrected chi connectivity index (χ3v) is 3.14. The van der Waals surface area contributed by atoms with Gasteiger partial charge in [0.2, 0.25) is 0 Å². The molecule has 124 valence electrons. The molecule has 0 saturated heterocycles. The van der Waals surface area contributed by atoms with Gasteiger partial charge in [-0.3, -0.25) is 4.79 Å². The molecule has 0 heterocycles. The van der Waals surface area contributed by atoms with E-state index in [1.165, 1.54) is 7.11 Å². The Kier molecular flexibility index (Phi) is 8.32. The van der Waals surface area contributed by atoms with Crippen LogP contribution >= 0.6 is 0 Å². The molecule has 0 aliphatic carbocycles. The Bertz CT molecular complexity index is 337. The van der Waals surface area contributed by atoms with Crippen molar-refractivity contribution < 1.29 is 24.2 Å². The first-order valence-electron chi connectivity index (χ1n) is 7.32. The molecule has 2 N–H and O–H groups in total. The highest BCUT2D eigenvalue weighted by Gasteiger charge is 2.23. The van der Waals surface area contributed by atoms with Crippen molar-refractivity contribution in [2.24, 2.45) is 5.92 Å². The lowest BCUT2D eigenvalue weighted by Crippen LogP contribution is -2.37. The summed E-state index contributed by atoms with van der Waals surface area (Å²) in [7, 11) is 1.52. The molecule has 0 rings (SSSR count). The van der Waals surface area contributed by atoms with E-state index < -0.39 is 23.6 Å². The first-order chi connectivity index (χ1) is 9.56. The summed E-state index contributed by atoms with van der Waals surface area (Å²) in [4.78, 5) is 22.5. The number of ether oxygens (including phenoxy) is 2. The van der Waals surface area contributed by atoms with Gasteiger partial charge in [-0.05, 0) is 53.9 Å². The minimum Gasteiger partial charge on any atom is -0.481 e. The topological polar surface area (TPSA) is 84.9 Å². The standard InChI is InChI=1S/C15H29NO5/c1-10(16-14(19)21-15(3,4)5)8-7-9-12(20-6)11(2)13(17)18/h10-12H,7-9H2,1-6H3,(H,16,19)(H,17,18)/t10-,11+,12-/m0/s1. The number of hydrogen-bond donors (Lipinski definition) is 2. The van der Waals surface area contributed by atoms with Crippen LogP contribution in [0, 0.1) is 5.92 Å². The Morgan fingerprint density at radius 1 is 1.19 bits per heavy atom. The Balaban J connectivity index is 4.05. The van der Waals surface area contributed by atoms with Crippen molar-refractivity contribution in [2.75, 3.05) is 7.11 Å².